The van der Waals surface area contributed by atoms with E-state index in [9.17, 15) is 4.79 Å². The second kappa shape index (κ2) is 4.04. The van der Waals surface area contributed by atoms with Crippen LogP contribution in [0.1, 0.15) is 11.8 Å². The lowest BCUT2D eigenvalue weighted by atomic mass is 9.80. The molecular formula is C11H15NO2S. The summed E-state index contributed by atoms with van der Waals surface area (Å²) in [5.74, 6) is 0.190. The van der Waals surface area contributed by atoms with Crippen molar-refractivity contribution in [2.45, 2.75) is 19.4 Å². The van der Waals surface area contributed by atoms with E-state index in [-0.39, 0.29) is 11.8 Å². The number of thiophene rings is 1. The van der Waals surface area contributed by atoms with Crippen molar-refractivity contribution in [3.63, 3.8) is 0 Å². The number of carbonyl (C=O) groups excluding carboxylic acids is 1. The van der Waals surface area contributed by atoms with Crippen LogP contribution < -0.4 is 5.73 Å². The van der Waals surface area contributed by atoms with E-state index in [0.29, 0.717) is 19.6 Å². The molecule has 1 aromatic rings. The Morgan fingerprint density at radius 2 is 2.60 bits per heavy atom. The van der Waals surface area contributed by atoms with Crippen LogP contribution in [-0.4, -0.2) is 25.0 Å². The quantitative estimate of drug-likeness (QED) is 0.841. The Labute approximate surface area is 93.2 Å². The minimum atomic E-state index is -0.496. The van der Waals surface area contributed by atoms with Crippen LogP contribution in [0.2, 0.25) is 0 Å². The summed E-state index contributed by atoms with van der Waals surface area (Å²) < 4.78 is 5.27. The number of nitrogens with two attached hydrogens (primary N) is 1. The molecule has 2 atom stereocenters. The Hall–Kier alpha value is -0.710. The van der Waals surface area contributed by atoms with Crippen LogP contribution in [-0.2, 0) is 16.0 Å². The number of ether oxygens (including phenoxy) is 1. The molecule has 0 saturated carbocycles. The molecule has 1 saturated heterocycles. The molecule has 1 fully saturated rings. The maximum atomic E-state index is 12.1. The lowest BCUT2D eigenvalue weighted by molar-refractivity contribution is -0.127. The second-order valence-corrected chi connectivity index (χ2v) is 5.25. The van der Waals surface area contributed by atoms with Gasteiger partial charge in [0.15, 0.2) is 0 Å². The lowest BCUT2D eigenvalue weighted by Gasteiger charge is -2.24. The highest BCUT2D eigenvalue weighted by atomic mass is 32.1. The number of Topliss-reactive ketones (excluding diaryl/α,β-unsaturated/α-hetero) is 1. The fourth-order valence-electron chi connectivity index (χ4n) is 1.75. The molecule has 0 spiro atoms. The minimum absolute atomic E-state index is 0.162. The van der Waals surface area contributed by atoms with Gasteiger partial charge in [-0.2, -0.15) is 0 Å². The Kier molecular flexibility index (Phi) is 2.91. The SMILES string of the molecule is CC1(C(=O)Cc2cccs2)COCC1N. The van der Waals surface area contributed by atoms with Crippen molar-refractivity contribution in [3.05, 3.63) is 22.4 Å². The topological polar surface area (TPSA) is 52.3 Å². The van der Waals surface area contributed by atoms with Crippen LogP contribution in [0.3, 0.4) is 0 Å². The molecule has 1 aromatic heterocycles. The van der Waals surface area contributed by atoms with Crippen molar-refractivity contribution in [2.75, 3.05) is 13.2 Å². The van der Waals surface area contributed by atoms with Crippen LogP contribution in [0, 0.1) is 5.41 Å². The fraction of sp³-hybridized carbons (Fsp3) is 0.545. The van der Waals surface area contributed by atoms with Crippen LogP contribution >= 0.6 is 11.3 Å². The van der Waals surface area contributed by atoms with Gasteiger partial charge in [0.05, 0.1) is 18.6 Å². The van der Waals surface area contributed by atoms with E-state index in [4.69, 9.17) is 10.5 Å². The van der Waals surface area contributed by atoms with Gasteiger partial charge in [-0.25, -0.2) is 0 Å². The van der Waals surface area contributed by atoms with Crippen molar-refractivity contribution in [2.24, 2.45) is 11.1 Å². The summed E-state index contributed by atoms with van der Waals surface area (Å²) in [5.41, 5.74) is 5.40. The first-order valence-electron chi connectivity index (χ1n) is 5.02. The predicted molar refractivity (Wildman–Crippen MR) is 59.9 cm³/mol. The van der Waals surface area contributed by atoms with Gasteiger partial charge in [0.25, 0.3) is 0 Å². The molecule has 1 aliphatic rings. The van der Waals surface area contributed by atoms with Gasteiger partial charge in [0.1, 0.15) is 5.78 Å². The zero-order valence-corrected chi connectivity index (χ0v) is 9.55. The molecule has 3 nitrogen and oxygen atoms in total. The standard InChI is InChI=1S/C11H15NO2S/c1-11(7-14-6-9(11)12)10(13)5-8-3-2-4-15-8/h2-4,9H,5-7,12H2,1H3. The van der Waals surface area contributed by atoms with Crippen molar-refractivity contribution in [1.82, 2.24) is 0 Å². The van der Waals surface area contributed by atoms with E-state index >= 15 is 0 Å². The van der Waals surface area contributed by atoms with E-state index in [0.717, 1.165) is 4.88 Å². The molecule has 2 N–H and O–H groups in total. The van der Waals surface area contributed by atoms with Gasteiger partial charge in [-0.1, -0.05) is 6.07 Å². The average molecular weight is 225 g/mol. The van der Waals surface area contributed by atoms with Gasteiger partial charge in [-0.15, -0.1) is 11.3 Å². The van der Waals surface area contributed by atoms with Crippen LogP contribution in [0.25, 0.3) is 0 Å². The monoisotopic (exact) mass is 225 g/mol. The predicted octanol–water partition coefficient (Wildman–Crippen LogP) is 1.22. The molecule has 0 aliphatic carbocycles. The zero-order valence-electron chi connectivity index (χ0n) is 8.73. The van der Waals surface area contributed by atoms with E-state index in [1.54, 1.807) is 11.3 Å². The van der Waals surface area contributed by atoms with Gasteiger partial charge in [0, 0.05) is 17.3 Å². The summed E-state index contributed by atoms with van der Waals surface area (Å²) in [6.07, 6.45) is 0.477. The third-order valence-corrected chi connectivity index (χ3v) is 3.95. The van der Waals surface area contributed by atoms with Crippen LogP contribution in [0.4, 0.5) is 0 Å². The first kappa shape index (κ1) is 10.8. The highest BCUT2D eigenvalue weighted by molar-refractivity contribution is 7.10. The number of hydrogen-bond acceptors (Lipinski definition) is 4. The van der Waals surface area contributed by atoms with Crippen molar-refractivity contribution in [1.29, 1.82) is 0 Å². The first-order chi connectivity index (χ1) is 7.13. The van der Waals surface area contributed by atoms with Gasteiger partial charge < -0.3 is 10.5 Å². The number of carbonyl (C=O) groups is 1. The largest absolute Gasteiger partial charge is 0.379 e. The van der Waals surface area contributed by atoms with Gasteiger partial charge in [-0.3, -0.25) is 4.79 Å². The number of hydrogen-bond donors (Lipinski definition) is 1. The highest BCUT2D eigenvalue weighted by Gasteiger charge is 2.43. The van der Waals surface area contributed by atoms with Crippen molar-refractivity contribution < 1.29 is 9.53 Å². The third kappa shape index (κ3) is 1.97. The van der Waals surface area contributed by atoms with Crippen molar-refractivity contribution in [3.8, 4) is 0 Å². The normalized spacial score (nSPS) is 30.7. The van der Waals surface area contributed by atoms with E-state index in [2.05, 4.69) is 0 Å². The van der Waals surface area contributed by atoms with Gasteiger partial charge in [-0.05, 0) is 18.4 Å². The molecule has 0 radical (unpaired) electrons. The Balaban J connectivity index is 2.07. The Bertz CT molecular complexity index is 349. The molecule has 0 aromatic carbocycles. The summed E-state index contributed by atoms with van der Waals surface area (Å²) >= 11 is 1.61. The number of rotatable bonds is 3. The Morgan fingerprint density at radius 1 is 1.80 bits per heavy atom. The van der Waals surface area contributed by atoms with E-state index < -0.39 is 5.41 Å². The van der Waals surface area contributed by atoms with E-state index in [1.165, 1.54) is 0 Å². The van der Waals surface area contributed by atoms with Gasteiger partial charge >= 0.3 is 0 Å². The maximum Gasteiger partial charge on any atom is 0.147 e. The fourth-order valence-corrected chi connectivity index (χ4v) is 2.45. The molecule has 4 heteroatoms. The van der Waals surface area contributed by atoms with Crippen LogP contribution in [0.5, 0.6) is 0 Å². The molecule has 1 aliphatic heterocycles. The molecule has 0 amide bonds. The molecule has 82 valence electrons. The summed E-state index contributed by atoms with van der Waals surface area (Å²) in [7, 11) is 0. The highest BCUT2D eigenvalue weighted by Crippen LogP contribution is 2.30. The van der Waals surface area contributed by atoms with Crippen molar-refractivity contribution >= 4 is 17.1 Å². The molecule has 2 rings (SSSR count). The summed E-state index contributed by atoms with van der Waals surface area (Å²) in [4.78, 5) is 13.2. The van der Waals surface area contributed by atoms with Crippen LogP contribution in [0.15, 0.2) is 17.5 Å². The molecule has 2 unspecified atom stereocenters. The molecule has 0 bridgehead atoms. The van der Waals surface area contributed by atoms with Gasteiger partial charge in [0.2, 0.25) is 0 Å². The maximum absolute atomic E-state index is 12.1. The summed E-state index contributed by atoms with van der Waals surface area (Å²) in [5, 5.41) is 1.98. The third-order valence-electron chi connectivity index (χ3n) is 3.07. The smallest absolute Gasteiger partial charge is 0.147 e. The first-order valence-corrected chi connectivity index (χ1v) is 5.90. The summed E-state index contributed by atoms with van der Waals surface area (Å²) in [6, 6.07) is 3.78. The average Bonchev–Trinajstić information content (AvgIpc) is 2.79. The Morgan fingerprint density at radius 3 is 3.13 bits per heavy atom. The number of ketones is 1. The molecular weight excluding hydrogens is 210 g/mol. The zero-order chi connectivity index (χ0) is 10.9. The minimum Gasteiger partial charge on any atom is -0.379 e. The summed E-state index contributed by atoms with van der Waals surface area (Å²) in [6.45, 7) is 2.85. The molecule has 15 heavy (non-hydrogen) atoms. The lowest BCUT2D eigenvalue weighted by Crippen LogP contribution is -2.45. The second-order valence-electron chi connectivity index (χ2n) is 4.22. The molecule has 2 heterocycles. The van der Waals surface area contributed by atoms with E-state index in [1.807, 2.05) is 24.4 Å².